The predicted molar refractivity (Wildman–Crippen MR) is 81.7 cm³/mol. The Morgan fingerprint density at radius 1 is 1.10 bits per heavy atom. The standard InChI is InChI=1S/C17H31NO2/c1-4-20-15(19)13-17(18-11-6-5-7-12-18)10-8-9-16(2,3)14-17/h4-14H2,1-3H3. The van der Waals surface area contributed by atoms with Gasteiger partial charge in [-0.2, -0.15) is 0 Å². The Labute approximate surface area is 124 Å². The Morgan fingerprint density at radius 2 is 1.80 bits per heavy atom. The lowest BCUT2D eigenvalue weighted by Crippen LogP contribution is -2.56. The van der Waals surface area contributed by atoms with Gasteiger partial charge in [0.2, 0.25) is 0 Å². The molecule has 1 saturated heterocycles. The van der Waals surface area contributed by atoms with Gasteiger partial charge < -0.3 is 4.74 Å². The predicted octanol–water partition coefficient (Wildman–Crippen LogP) is 3.76. The average molecular weight is 281 g/mol. The van der Waals surface area contributed by atoms with Gasteiger partial charge in [-0.15, -0.1) is 0 Å². The summed E-state index contributed by atoms with van der Waals surface area (Å²) in [6.45, 7) is 9.44. The third kappa shape index (κ3) is 3.75. The van der Waals surface area contributed by atoms with Crippen molar-refractivity contribution in [2.45, 2.75) is 77.7 Å². The van der Waals surface area contributed by atoms with Gasteiger partial charge in [-0.25, -0.2) is 0 Å². The molecule has 0 spiro atoms. The fourth-order valence-corrected chi connectivity index (χ4v) is 4.35. The Kier molecular flexibility index (Phi) is 5.11. The van der Waals surface area contributed by atoms with E-state index in [0.29, 0.717) is 18.4 Å². The van der Waals surface area contributed by atoms with Crippen molar-refractivity contribution in [2.24, 2.45) is 5.41 Å². The molecule has 1 aliphatic carbocycles. The van der Waals surface area contributed by atoms with E-state index in [-0.39, 0.29) is 11.5 Å². The summed E-state index contributed by atoms with van der Waals surface area (Å²) < 4.78 is 5.26. The fourth-order valence-electron chi connectivity index (χ4n) is 4.35. The largest absolute Gasteiger partial charge is 0.466 e. The maximum absolute atomic E-state index is 12.1. The van der Waals surface area contributed by atoms with Crippen molar-refractivity contribution in [2.75, 3.05) is 19.7 Å². The van der Waals surface area contributed by atoms with Crippen LogP contribution in [0, 0.1) is 5.41 Å². The van der Waals surface area contributed by atoms with Crippen LogP contribution < -0.4 is 0 Å². The van der Waals surface area contributed by atoms with Gasteiger partial charge in [0.15, 0.2) is 0 Å². The summed E-state index contributed by atoms with van der Waals surface area (Å²) in [5.74, 6) is -0.00391. The summed E-state index contributed by atoms with van der Waals surface area (Å²) in [5.41, 5.74) is 0.413. The summed E-state index contributed by atoms with van der Waals surface area (Å²) in [7, 11) is 0. The summed E-state index contributed by atoms with van der Waals surface area (Å²) in [6.07, 6.45) is 9.32. The van der Waals surface area contributed by atoms with Crippen molar-refractivity contribution in [1.29, 1.82) is 0 Å². The molecule has 1 unspecified atom stereocenters. The number of piperidine rings is 1. The van der Waals surface area contributed by atoms with E-state index in [4.69, 9.17) is 4.74 Å². The first-order valence-electron chi connectivity index (χ1n) is 8.38. The van der Waals surface area contributed by atoms with Crippen LogP contribution in [0.4, 0.5) is 0 Å². The molecule has 2 rings (SSSR count). The Morgan fingerprint density at radius 3 is 2.40 bits per heavy atom. The minimum atomic E-state index is -0.00391. The van der Waals surface area contributed by atoms with E-state index < -0.39 is 0 Å². The molecule has 2 aliphatic rings. The van der Waals surface area contributed by atoms with Gasteiger partial charge in [0.05, 0.1) is 13.0 Å². The zero-order valence-electron chi connectivity index (χ0n) is 13.5. The van der Waals surface area contributed by atoms with Crippen molar-refractivity contribution >= 4 is 5.97 Å². The number of esters is 1. The highest BCUT2D eigenvalue weighted by Gasteiger charge is 2.45. The number of rotatable bonds is 4. The highest BCUT2D eigenvalue weighted by Crippen LogP contribution is 2.46. The number of likely N-dealkylation sites (tertiary alicyclic amines) is 1. The van der Waals surface area contributed by atoms with Crippen molar-refractivity contribution in [3.8, 4) is 0 Å². The smallest absolute Gasteiger partial charge is 0.307 e. The van der Waals surface area contributed by atoms with E-state index in [1.54, 1.807) is 0 Å². The monoisotopic (exact) mass is 281 g/mol. The first-order chi connectivity index (χ1) is 9.47. The second-order valence-electron chi connectivity index (χ2n) is 7.45. The van der Waals surface area contributed by atoms with Crippen LogP contribution in [0.2, 0.25) is 0 Å². The second-order valence-corrected chi connectivity index (χ2v) is 7.45. The molecular formula is C17H31NO2. The summed E-state index contributed by atoms with van der Waals surface area (Å²) in [4.78, 5) is 14.7. The first-order valence-corrected chi connectivity index (χ1v) is 8.38. The molecule has 1 aliphatic heterocycles. The molecule has 20 heavy (non-hydrogen) atoms. The van der Waals surface area contributed by atoms with E-state index in [9.17, 15) is 4.79 Å². The number of carbonyl (C=O) groups is 1. The number of ether oxygens (including phenoxy) is 1. The van der Waals surface area contributed by atoms with Crippen molar-refractivity contribution in [1.82, 2.24) is 4.90 Å². The minimum Gasteiger partial charge on any atom is -0.466 e. The quantitative estimate of drug-likeness (QED) is 0.735. The summed E-state index contributed by atoms with van der Waals surface area (Å²) >= 11 is 0. The highest BCUT2D eigenvalue weighted by atomic mass is 16.5. The number of hydrogen-bond acceptors (Lipinski definition) is 3. The molecule has 3 nitrogen and oxygen atoms in total. The van der Waals surface area contributed by atoms with Crippen LogP contribution in [0.15, 0.2) is 0 Å². The van der Waals surface area contributed by atoms with E-state index in [2.05, 4.69) is 18.7 Å². The molecule has 1 atom stereocenters. The Balaban J connectivity index is 2.15. The lowest BCUT2D eigenvalue weighted by molar-refractivity contribution is -0.149. The number of hydrogen-bond donors (Lipinski definition) is 0. The lowest BCUT2D eigenvalue weighted by Gasteiger charge is -2.52. The van der Waals surface area contributed by atoms with Crippen LogP contribution in [0.3, 0.4) is 0 Å². The van der Waals surface area contributed by atoms with E-state index in [1.165, 1.54) is 32.1 Å². The molecule has 0 aromatic carbocycles. The van der Waals surface area contributed by atoms with Crippen LogP contribution in [0.25, 0.3) is 0 Å². The minimum absolute atomic E-state index is 0.00391. The van der Waals surface area contributed by atoms with E-state index in [0.717, 1.165) is 25.9 Å². The van der Waals surface area contributed by atoms with Crippen LogP contribution in [0.5, 0.6) is 0 Å². The van der Waals surface area contributed by atoms with Crippen molar-refractivity contribution < 1.29 is 9.53 Å². The Hall–Kier alpha value is -0.570. The normalized spacial score (nSPS) is 30.9. The Bertz CT molecular complexity index is 334. The van der Waals surface area contributed by atoms with Gasteiger partial charge in [-0.05, 0) is 57.5 Å². The molecule has 3 heteroatoms. The zero-order chi connectivity index (χ0) is 14.6. The number of nitrogens with zero attached hydrogens (tertiary/aromatic N) is 1. The topological polar surface area (TPSA) is 29.5 Å². The fraction of sp³-hybridized carbons (Fsp3) is 0.941. The second kappa shape index (κ2) is 6.46. The van der Waals surface area contributed by atoms with Crippen LogP contribution in [0.1, 0.15) is 72.1 Å². The molecule has 1 heterocycles. The molecule has 0 radical (unpaired) electrons. The zero-order valence-corrected chi connectivity index (χ0v) is 13.5. The molecule has 0 aromatic heterocycles. The van der Waals surface area contributed by atoms with Gasteiger partial charge in [0.25, 0.3) is 0 Å². The first kappa shape index (κ1) is 15.8. The van der Waals surface area contributed by atoms with Crippen molar-refractivity contribution in [3.05, 3.63) is 0 Å². The average Bonchev–Trinajstić information content (AvgIpc) is 2.38. The molecule has 0 bridgehead atoms. The third-order valence-corrected chi connectivity index (χ3v) is 5.11. The summed E-state index contributed by atoms with van der Waals surface area (Å²) in [5, 5.41) is 0. The lowest BCUT2D eigenvalue weighted by atomic mass is 9.65. The third-order valence-electron chi connectivity index (χ3n) is 5.11. The SMILES string of the molecule is CCOC(=O)CC1(N2CCCCC2)CCCC(C)(C)C1. The van der Waals surface area contributed by atoms with Crippen LogP contribution in [-0.4, -0.2) is 36.1 Å². The molecule has 116 valence electrons. The van der Waals surface area contributed by atoms with E-state index in [1.807, 2.05) is 6.92 Å². The van der Waals surface area contributed by atoms with Crippen molar-refractivity contribution in [3.63, 3.8) is 0 Å². The van der Waals surface area contributed by atoms with Gasteiger partial charge in [0.1, 0.15) is 0 Å². The molecule has 0 amide bonds. The van der Waals surface area contributed by atoms with Gasteiger partial charge in [-0.3, -0.25) is 9.69 Å². The maximum Gasteiger partial charge on any atom is 0.307 e. The molecular weight excluding hydrogens is 250 g/mol. The maximum atomic E-state index is 12.1. The number of carbonyl (C=O) groups excluding carboxylic acids is 1. The van der Waals surface area contributed by atoms with Gasteiger partial charge >= 0.3 is 5.97 Å². The van der Waals surface area contributed by atoms with Gasteiger partial charge in [-0.1, -0.05) is 26.7 Å². The molecule has 0 aromatic rings. The highest BCUT2D eigenvalue weighted by molar-refractivity contribution is 5.71. The van der Waals surface area contributed by atoms with Crippen LogP contribution in [-0.2, 0) is 9.53 Å². The molecule has 1 saturated carbocycles. The van der Waals surface area contributed by atoms with Crippen LogP contribution >= 0.6 is 0 Å². The molecule has 0 N–H and O–H groups in total. The molecule has 2 fully saturated rings. The summed E-state index contributed by atoms with van der Waals surface area (Å²) in [6, 6.07) is 0. The van der Waals surface area contributed by atoms with Gasteiger partial charge in [0, 0.05) is 5.54 Å². The van der Waals surface area contributed by atoms with E-state index >= 15 is 0 Å².